The number of carbonyl (C=O) groups excluding carboxylic acids is 2. The Bertz CT molecular complexity index is 588. The molecule has 0 unspecified atom stereocenters. The third-order valence-electron chi connectivity index (χ3n) is 4.28. The number of thioether (sulfide) groups is 1. The number of anilines is 1. The molecule has 0 radical (unpaired) electrons. The molecule has 26 heavy (non-hydrogen) atoms. The molecule has 0 bridgehead atoms. The van der Waals surface area contributed by atoms with Gasteiger partial charge in [0.15, 0.2) is 0 Å². The minimum atomic E-state index is -0.554. The highest BCUT2D eigenvalue weighted by molar-refractivity contribution is 7.99. The van der Waals surface area contributed by atoms with Gasteiger partial charge in [-0.05, 0) is 49.6 Å². The van der Waals surface area contributed by atoms with Crippen molar-refractivity contribution in [2.75, 3.05) is 37.2 Å². The quantitative estimate of drug-likeness (QED) is 0.392. The maximum atomic E-state index is 12.1. The number of primary amides is 1. The number of nitrogens with one attached hydrogen (secondary N) is 2. The van der Waals surface area contributed by atoms with Crippen molar-refractivity contribution in [2.24, 2.45) is 5.73 Å². The molecular formula is C17H29N5O2S2. The number of hydrogen-bond acceptors (Lipinski definition) is 6. The highest BCUT2D eigenvalue weighted by Gasteiger charge is 2.20. The van der Waals surface area contributed by atoms with Gasteiger partial charge in [0.25, 0.3) is 5.91 Å². The Balaban J connectivity index is 1.81. The molecule has 3 amide bonds. The van der Waals surface area contributed by atoms with E-state index in [4.69, 9.17) is 5.73 Å². The van der Waals surface area contributed by atoms with Crippen LogP contribution in [0, 0.1) is 0 Å². The molecule has 1 aromatic rings. The lowest BCUT2D eigenvalue weighted by Crippen LogP contribution is -2.36. The van der Waals surface area contributed by atoms with Gasteiger partial charge in [0.1, 0.15) is 15.6 Å². The lowest BCUT2D eigenvalue weighted by molar-refractivity contribution is 0.0998. The van der Waals surface area contributed by atoms with E-state index in [9.17, 15) is 9.59 Å². The molecule has 0 aliphatic carbocycles. The van der Waals surface area contributed by atoms with Crippen LogP contribution in [0.25, 0.3) is 0 Å². The van der Waals surface area contributed by atoms with E-state index < -0.39 is 5.91 Å². The molecule has 0 spiro atoms. The molecule has 1 aliphatic rings. The predicted octanol–water partition coefficient (Wildman–Crippen LogP) is 3.13. The first-order valence-corrected chi connectivity index (χ1v) is 11.1. The van der Waals surface area contributed by atoms with Gasteiger partial charge >= 0.3 is 6.03 Å². The lowest BCUT2D eigenvalue weighted by Gasteiger charge is -2.14. The van der Waals surface area contributed by atoms with E-state index in [-0.39, 0.29) is 6.03 Å². The monoisotopic (exact) mass is 399 g/mol. The number of aromatic nitrogens is 1. The molecule has 146 valence electrons. The number of unbranched alkanes of at least 4 members (excludes halogenated alkanes) is 3. The molecule has 2 rings (SSSR count). The fourth-order valence-electron chi connectivity index (χ4n) is 2.86. The zero-order chi connectivity index (χ0) is 18.8. The number of rotatable bonds is 11. The Hall–Kier alpha value is -1.32. The number of amides is 3. The summed E-state index contributed by atoms with van der Waals surface area (Å²) in [6.07, 6.45) is 7.11. The van der Waals surface area contributed by atoms with E-state index in [0.717, 1.165) is 43.3 Å². The van der Waals surface area contributed by atoms with Crippen LogP contribution in [0.2, 0.25) is 0 Å². The standard InChI is InChI=1S/C17H29N5O2S2/c1-2-3-4-7-12-25-16-13(14(18)23)15(26-21-16)20-17(24)19-8-11-22-9-5-6-10-22/h2-12H2,1H3,(H2,18,23)(H2,19,20,24). The zero-order valence-electron chi connectivity index (χ0n) is 15.4. The van der Waals surface area contributed by atoms with E-state index >= 15 is 0 Å². The molecule has 0 saturated carbocycles. The number of nitrogens with two attached hydrogens (primary N) is 1. The summed E-state index contributed by atoms with van der Waals surface area (Å²) < 4.78 is 4.30. The average Bonchev–Trinajstić information content (AvgIpc) is 3.24. The summed E-state index contributed by atoms with van der Waals surface area (Å²) in [4.78, 5) is 26.2. The Kier molecular flexibility index (Phi) is 9.21. The van der Waals surface area contributed by atoms with E-state index in [1.54, 1.807) is 0 Å². The first-order valence-electron chi connectivity index (χ1n) is 9.31. The van der Waals surface area contributed by atoms with Crippen molar-refractivity contribution in [2.45, 2.75) is 50.5 Å². The van der Waals surface area contributed by atoms with Gasteiger partial charge in [-0.25, -0.2) is 4.79 Å². The van der Waals surface area contributed by atoms with Crippen LogP contribution in [-0.2, 0) is 0 Å². The number of urea groups is 1. The van der Waals surface area contributed by atoms with Crippen LogP contribution >= 0.6 is 23.3 Å². The highest BCUT2D eigenvalue weighted by atomic mass is 32.2. The predicted molar refractivity (Wildman–Crippen MR) is 108 cm³/mol. The summed E-state index contributed by atoms with van der Waals surface area (Å²) in [5.74, 6) is 0.341. The molecule has 1 saturated heterocycles. The Morgan fingerprint density at radius 3 is 2.73 bits per heavy atom. The van der Waals surface area contributed by atoms with Crippen LogP contribution in [0.1, 0.15) is 55.8 Å². The van der Waals surface area contributed by atoms with Crippen molar-refractivity contribution in [3.05, 3.63) is 5.56 Å². The van der Waals surface area contributed by atoms with Gasteiger partial charge < -0.3 is 16.0 Å². The maximum Gasteiger partial charge on any atom is 0.319 e. The highest BCUT2D eigenvalue weighted by Crippen LogP contribution is 2.32. The maximum absolute atomic E-state index is 12.1. The van der Waals surface area contributed by atoms with Crippen molar-refractivity contribution >= 4 is 40.2 Å². The van der Waals surface area contributed by atoms with Crippen LogP contribution < -0.4 is 16.4 Å². The van der Waals surface area contributed by atoms with E-state index in [0.29, 0.717) is 22.1 Å². The van der Waals surface area contributed by atoms with Gasteiger partial charge in [-0.3, -0.25) is 10.1 Å². The van der Waals surface area contributed by atoms with Gasteiger partial charge in [-0.1, -0.05) is 26.2 Å². The summed E-state index contributed by atoms with van der Waals surface area (Å²) in [6, 6.07) is -0.324. The van der Waals surface area contributed by atoms with Gasteiger partial charge in [0, 0.05) is 13.1 Å². The molecule has 0 aromatic carbocycles. The van der Waals surface area contributed by atoms with E-state index in [1.165, 1.54) is 43.9 Å². The fourth-order valence-corrected chi connectivity index (χ4v) is 4.82. The first-order chi connectivity index (χ1) is 12.6. The van der Waals surface area contributed by atoms with Crippen molar-refractivity contribution in [3.8, 4) is 0 Å². The smallest absolute Gasteiger partial charge is 0.319 e. The minimum Gasteiger partial charge on any atom is -0.365 e. The van der Waals surface area contributed by atoms with Crippen LogP contribution in [0.5, 0.6) is 0 Å². The second-order valence-corrected chi connectivity index (χ2v) is 8.25. The normalized spacial score (nSPS) is 14.5. The molecule has 1 fully saturated rings. The third kappa shape index (κ3) is 6.77. The molecule has 4 N–H and O–H groups in total. The summed E-state index contributed by atoms with van der Waals surface area (Å²) >= 11 is 2.63. The molecule has 1 aliphatic heterocycles. The van der Waals surface area contributed by atoms with E-state index in [1.807, 2.05) is 0 Å². The van der Waals surface area contributed by atoms with Gasteiger partial charge in [-0.15, -0.1) is 11.8 Å². The van der Waals surface area contributed by atoms with Crippen LogP contribution in [0.15, 0.2) is 5.03 Å². The van der Waals surface area contributed by atoms with E-state index in [2.05, 4.69) is 26.8 Å². The lowest BCUT2D eigenvalue weighted by atomic mass is 10.2. The second kappa shape index (κ2) is 11.4. The Labute approximate surface area is 163 Å². The SMILES string of the molecule is CCCCCCSc1nsc(NC(=O)NCCN2CCCC2)c1C(N)=O. The third-order valence-corrected chi connectivity index (χ3v) is 6.22. The molecule has 9 heteroatoms. The van der Waals surface area contributed by atoms with Gasteiger partial charge in [0.2, 0.25) is 0 Å². The molecule has 7 nitrogen and oxygen atoms in total. The molecular weight excluding hydrogens is 370 g/mol. The summed E-state index contributed by atoms with van der Waals surface area (Å²) in [7, 11) is 0. The van der Waals surface area contributed by atoms with Crippen molar-refractivity contribution < 1.29 is 9.59 Å². The van der Waals surface area contributed by atoms with Crippen molar-refractivity contribution in [1.82, 2.24) is 14.6 Å². The number of nitrogens with zero attached hydrogens (tertiary/aromatic N) is 2. The van der Waals surface area contributed by atoms with Gasteiger partial charge in [-0.2, -0.15) is 4.37 Å². The number of hydrogen-bond donors (Lipinski definition) is 3. The Morgan fingerprint density at radius 2 is 2.04 bits per heavy atom. The molecule has 2 heterocycles. The zero-order valence-corrected chi connectivity index (χ0v) is 17.0. The molecule has 1 aromatic heterocycles. The van der Waals surface area contributed by atoms with Crippen LogP contribution in [0.4, 0.5) is 9.80 Å². The van der Waals surface area contributed by atoms with Gasteiger partial charge in [0.05, 0.1) is 0 Å². The van der Waals surface area contributed by atoms with Crippen LogP contribution in [-0.4, -0.2) is 53.1 Å². The fraction of sp³-hybridized carbons (Fsp3) is 0.706. The minimum absolute atomic E-state index is 0.324. The topological polar surface area (TPSA) is 100 Å². The van der Waals surface area contributed by atoms with Crippen LogP contribution in [0.3, 0.4) is 0 Å². The van der Waals surface area contributed by atoms with Crippen molar-refractivity contribution in [3.63, 3.8) is 0 Å². The summed E-state index contributed by atoms with van der Waals surface area (Å²) in [5, 5.41) is 6.59. The summed E-state index contributed by atoms with van der Waals surface area (Å²) in [5.41, 5.74) is 5.83. The summed E-state index contributed by atoms with van der Waals surface area (Å²) in [6.45, 7) is 5.80. The number of carbonyl (C=O) groups is 2. The Morgan fingerprint density at radius 1 is 1.27 bits per heavy atom. The second-order valence-electron chi connectivity index (χ2n) is 6.39. The average molecular weight is 400 g/mol. The molecule has 0 atom stereocenters. The number of likely N-dealkylation sites (tertiary alicyclic amines) is 1. The van der Waals surface area contributed by atoms with Crippen molar-refractivity contribution in [1.29, 1.82) is 0 Å². The largest absolute Gasteiger partial charge is 0.365 e. The first kappa shape index (κ1) is 21.0.